The van der Waals surface area contributed by atoms with Crippen molar-refractivity contribution in [3.05, 3.63) is 61.3 Å². The molecule has 0 radical (unpaired) electrons. The van der Waals surface area contributed by atoms with Gasteiger partial charge in [-0.2, -0.15) is 0 Å². The average Bonchev–Trinajstić information content (AvgIpc) is 3.22. The molecule has 2 fully saturated rings. The maximum absolute atomic E-state index is 14.1. The van der Waals surface area contributed by atoms with Crippen molar-refractivity contribution in [2.24, 2.45) is 19.8 Å². The Morgan fingerprint density at radius 2 is 1.81 bits per heavy atom. The van der Waals surface area contributed by atoms with Crippen molar-refractivity contribution in [1.82, 2.24) is 18.6 Å². The van der Waals surface area contributed by atoms with Crippen molar-refractivity contribution in [3.8, 4) is 0 Å². The highest BCUT2D eigenvalue weighted by Gasteiger charge is 2.35. The predicted octanol–water partition coefficient (Wildman–Crippen LogP) is 1.14. The lowest BCUT2D eigenvalue weighted by molar-refractivity contribution is 0.0304. The molecule has 3 aromatic rings. The zero-order valence-corrected chi connectivity index (χ0v) is 21.3. The van der Waals surface area contributed by atoms with Gasteiger partial charge in [0.2, 0.25) is 0 Å². The fourth-order valence-electron chi connectivity index (χ4n) is 5.31. The Labute approximate surface area is 213 Å². The number of carbonyl (C=O) groups is 1. The number of benzene rings is 1. The lowest BCUT2D eigenvalue weighted by Crippen LogP contribution is -2.45. The second-order valence-corrected chi connectivity index (χ2v) is 9.94. The minimum Gasteiger partial charge on any atom is -0.378 e. The molecule has 2 saturated heterocycles. The standard InChI is InChI=1S/C25H31ClN6O4/c1-28-20-19(23(33)30-10-12-36-13-11-30)22(31-9-5-7-17(27)15-31)32(14-16-6-3-4-8-18(16)26)21(20)24(34)29(2)25(28)35/h3-4,6,8,17H,5,7,9-15,27H2,1-2H3/t17-/m1/s1. The minimum atomic E-state index is -0.486. The van der Waals surface area contributed by atoms with E-state index in [0.717, 1.165) is 23.0 Å². The molecule has 36 heavy (non-hydrogen) atoms. The average molecular weight is 515 g/mol. The Morgan fingerprint density at radius 3 is 2.50 bits per heavy atom. The van der Waals surface area contributed by atoms with Crippen molar-refractivity contribution in [1.29, 1.82) is 0 Å². The first-order chi connectivity index (χ1) is 17.3. The van der Waals surface area contributed by atoms with Crippen molar-refractivity contribution >= 4 is 34.4 Å². The molecular formula is C25H31ClN6O4. The summed E-state index contributed by atoms with van der Waals surface area (Å²) in [6, 6.07) is 7.36. The van der Waals surface area contributed by atoms with Crippen LogP contribution in [0.25, 0.3) is 11.0 Å². The second-order valence-electron chi connectivity index (χ2n) is 9.53. The van der Waals surface area contributed by atoms with E-state index in [0.29, 0.717) is 66.8 Å². The first-order valence-corrected chi connectivity index (χ1v) is 12.6. The van der Waals surface area contributed by atoms with E-state index in [-0.39, 0.29) is 18.5 Å². The number of aromatic nitrogens is 3. The molecule has 0 unspecified atom stereocenters. The van der Waals surface area contributed by atoms with Gasteiger partial charge in [-0.25, -0.2) is 4.79 Å². The van der Waals surface area contributed by atoms with E-state index in [9.17, 15) is 14.4 Å². The van der Waals surface area contributed by atoms with Crippen LogP contribution >= 0.6 is 11.6 Å². The molecule has 1 aromatic carbocycles. The summed E-state index contributed by atoms with van der Waals surface area (Å²) in [6.07, 6.45) is 1.74. The smallest absolute Gasteiger partial charge is 0.331 e. The van der Waals surface area contributed by atoms with Gasteiger partial charge in [0.25, 0.3) is 11.5 Å². The molecule has 0 spiro atoms. The number of ether oxygens (including phenoxy) is 1. The third kappa shape index (κ3) is 4.12. The molecular weight excluding hydrogens is 484 g/mol. The molecule has 1 atom stereocenters. The summed E-state index contributed by atoms with van der Waals surface area (Å²) < 4.78 is 9.80. The van der Waals surface area contributed by atoms with Crippen LogP contribution in [-0.2, 0) is 25.4 Å². The van der Waals surface area contributed by atoms with E-state index in [1.165, 1.54) is 11.6 Å². The van der Waals surface area contributed by atoms with E-state index in [2.05, 4.69) is 4.90 Å². The number of morpholine rings is 1. The van der Waals surface area contributed by atoms with Crippen LogP contribution in [0.15, 0.2) is 33.9 Å². The monoisotopic (exact) mass is 514 g/mol. The third-order valence-corrected chi connectivity index (χ3v) is 7.55. The largest absolute Gasteiger partial charge is 0.378 e. The summed E-state index contributed by atoms with van der Waals surface area (Å²) in [7, 11) is 3.06. The number of amides is 1. The summed E-state index contributed by atoms with van der Waals surface area (Å²) in [5, 5.41) is 0.559. The SMILES string of the molecule is Cn1c(=O)c2c(c(C(=O)N3CCOCC3)c(N3CCC[C@@H](N)C3)n2Cc2ccccc2Cl)n(C)c1=O. The molecule has 2 N–H and O–H groups in total. The van der Waals surface area contributed by atoms with Crippen LogP contribution in [0.2, 0.25) is 5.02 Å². The number of halogens is 1. The van der Waals surface area contributed by atoms with Gasteiger partial charge in [-0.3, -0.25) is 18.7 Å². The van der Waals surface area contributed by atoms with Crippen molar-refractivity contribution in [3.63, 3.8) is 0 Å². The van der Waals surface area contributed by atoms with Crippen LogP contribution < -0.4 is 21.9 Å². The van der Waals surface area contributed by atoms with Crippen LogP contribution in [0.1, 0.15) is 28.8 Å². The van der Waals surface area contributed by atoms with Gasteiger partial charge in [0.05, 0.1) is 25.3 Å². The summed E-state index contributed by atoms with van der Waals surface area (Å²) in [5.74, 6) is 0.383. The molecule has 10 nitrogen and oxygen atoms in total. The second kappa shape index (κ2) is 9.76. The van der Waals surface area contributed by atoms with E-state index in [1.54, 1.807) is 18.0 Å². The molecule has 2 aliphatic rings. The summed E-state index contributed by atoms with van der Waals surface area (Å²) in [5.41, 5.74) is 7.20. The van der Waals surface area contributed by atoms with Crippen molar-refractivity contribution in [2.75, 3.05) is 44.3 Å². The van der Waals surface area contributed by atoms with Crippen molar-refractivity contribution < 1.29 is 9.53 Å². The highest BCUT2D eigenvalue weighted by Crippen LogP contribution is 2.35. The Hall–Kier alpha value is -3.08. The lowest BCUT2D eigenvalue weighted by atomic mass is 10.1. The number of nitrogens with zero attached hydrogens (tertiary/aromatic N) is 5. The van der Waals surface area contributed by atoms with Crippen molar-refractivity contribution in [2.45, 2.75) is 25.4 Å². The quantitative estimate of drug-likeness (QED) is 0.559. The molecule has 2 aromatic heterocycles. The maximum Gasteiger partial charge on any atom is 0.331 e. The molecule has 5 rings (SSSR count). The summed E-state index contributed by atoms with van der Waals surface area (Å²) in [6.45, 7) is 3.24. The number of hydrogen-bond acceptors (Lipinski definition) is 6. The van der Waals surface area contributed by atoms with Crippen LogP contribution in [0, 0.1) is 0 Å². The van der Waals surface area contributed by atoms with Gasteiger partial charge >= 0.3 is 5.69 Å². The molecule has 11 heteroatoms. The summed E-state index contributed by atoms with van der Waals surface area (Å²) >= 11 is 6.53. The Morgan fingerprint density at radius 1 is 1.08 bits per heavy atom. The number of piperidine rings is 1. The third-order valence-electron chi connectivity index (χ3n) is 7.18. The normalized spacial score (nSPS) is 18.7. The van der Waals surface area contributed by atoms with Gasteiger partial charge < -0.3 is 24.8 Å². The van der Waals surface area contributed by atoms with Crippen LogP contribution in [-0.4, -0.2) is 69.9 Å². The molecule has 2 aliphatic heterocycles. The Balaban J connectivity index is 1.85. The molecule has 0 aliphatic carbocycles. The predicted molar refractivity (Wildman–Crippen MR) is 139 cm³/mol. The van der Waals surface area contributed by atoms with E-state index >= 15 is 0 Å². The Bertz CT molecular complexity index is 1440. The number of anilines is 1. The number of rotatable bonds is 4. The van der Waals surface area contributed by atoms with Gasteiger partial charge in [0.1, 0.15) is 16.9 Å². The Kier molecular flexibility index (Phi) is 6.67. The maximum atomic E-state index is 14.1. The van der Waals surface area contributed by atoms with E-state index < -0.39 is 11.2 Å². The lowest BCUT2D eigenvalue weighted by Gasteiger charge is -2.35. The molecule has 192 valence electrons. The zero-order valence-electron chi connectivity index (χ0n) is 20.6. The van der Waals surface area contributed by atoms with E-state index in [1.807, 2.05) is 22.8 Å². The molecule has 0 bridgehead atoms. The van der Waals surface area contributed by atoms with Crippen LogP contribution in [0.4, 0.5) is 5.82 Å². The van der Waals surface area contributed by atoms with E-state index in [4.69, 9.17) is 22.1 Å². The number of aryl methyl sites for hydroxylation is 1. The van der Waals surface area contributed by atoms with Gasteiger partial charge in [0, 0.05) is 51.3 Å². The fraction of sp³-hybridized carbons (Fsp3) is 0.480. The van der Waals surface area contributed by atoms with Gasteiger partial charge in [-0.1, -0.05) is 29.8 Å². The van der Waals surface area contributed by atoms with Crippen LogP contribution in [0.3, 0.4) is 0 Å². The number of nitrogens with two attached hydrogens (primary N) is 1. The summed E-state index contributed by atoms with van der Waals surface area (Å²) in [4.78, 5) is 44.6. The fourth-order valence-corrected chi connectivity index (χ4v) is 5.50. The first-order valence-electron chi connectivity index (χ1n) is 12.2. The molecule has 0 saturated carbocycles. The van der Waals surface area contributed by atoms with Gasteiger partial charge in [-0.15, -0.1) is 0 Å². The topological polar surface area (TPSA) is 108 Å². The zero-order chi connectivity index (χ0) is 25.6. The van der Waals surface area contributed by atoms with Crippen LogP contribution in [0.5, 0.6) is 0 Å². The highest BCUT2D eigenvalue weighted by molar-refractivity contribution is 6.31. The highest BCUT2D eigenvalue weighted by atomic mass is 35.5. The minimum absolute atomic E-state index is 0.0662. The van der Waals surface area contributed by atoms with Gasteiger partial charge in [-0.05, 0) is 24.5 Å². The molecule has 1 amide bonds. The number of hydrogen-bond donors (Lipinski definition) is 1. The van der Waals surface area contributed by atoms with Gasteiger partial charge in [0.15, 0.2) is 0 Å². The first kappa shape index (κ1) is 24.6. The number of fused-ring (bicyclic) bond motifs is 1. The molecule has 4 heterocycles. The number of carbonyl (C=O) groups excluding carboxylic acids is 1.